The van der Waals surface area contributed by atoms with E-state index in [1.807, 2.05) is 30.5 Å². The minimum atomic E-state index is -3.30. The van der Waals surface area contributed by atoms with Crippen LogP contribution >= 0.6 is 0 Å². The molecule has 214 valence electrons. The number of fused-ring (bicyclic) bond motifs is 2. The molecule has 3 aromatic carbocycles. The zero-order valence-corrected chi connectivity index (χ0v) is 23.4. The van der Waals surface area contributed by atoms with Crippen molar-refractivity contribution in [2.24, 2.45) is 0 Å². The van der Waals surface area contributed by atoms with Crippen LogP contribution in [0.2, 0.25) is 0 Å². The van der Waals surface area contributed by atoms with Gasteiger partial charge in [-0.05, 0) is 60.9 Å². The molecule has 1 atom stereocenters. The summed E-state index contributed by atoms with van der Waals surface area (Å²) in [5, 5.41) is 10.4. The molecule has 0 radical (unpaired) electrons. The lowest BCUT2D eigenvalue weighted by atomic mass is 9.99. The van der Waals surface area contributed by atoms with Crippen molar-refractivity contribution in [1.82, 2.24) is 14.6 Å². The van der Waals surface area contributed by atoms with Gasteiger partial charge in [0.15, 0.2) is 15.5 Å². The average molecular weight is 590 g/mol. The van der Waals surface area contributed by atoms with Gasteiger partial charge in [-0.25, -0.2) is 21.7 Å². The van der Waals surface area contributed by atoms with Gasteiger partial charge in [0.05, 0.1) is 29.4 Å². The summed E-state index contributed by atoms with van der Waals surface area (Å²) in [5.74, 6) is -1.93. The molecule has 2 N–H and O–H groups in total. The first-order valence-electron chi connectivity index (χ1n) is 13.0. The normalized spacial score (nSPS) is 14.4. The number of aryl methyl sites for hydroxylation is 1. The van der Waals surface area contributed by atoms with Crippen molar-refractivity contribution in [1.29, 1.82) is 0 Å². The van der Waals surface area contributed by atoms with Crippen molar-refractivity contribution >= 4 is 38.7 Å². The number of aromatic nitrogens is 3. The van der Waals surface area contributed by atoms with Gasteiger partial charge in [0.25, 0.3) is 0 Å². The SMILES string of the molecule is COc1cc2c(cc1Nc1nc3ccc(-c4ccc(NC(=O)C(C)c5ccc(F)cc5F)cc4)cn3n1)CCS2(=O)=O. The summed E-state index contributed by atoms with van der Waals surface area (Å²) >= 11 is 0. The fraction of sp³-hybridized carbons (Fsp3) is 0.167. The molecule has 1 aliphatic heterocycles. The Morgan fingerprint density at radius 2 is 1.79 bits per heavy atom. The molecule has 0 bridgehead atoms. The molecule has 1 unspecified atom stereocenters. The first-order valence-corrected chi connectivity index (χ1v) is 14.7. The van der Waals surface area contributed by atoms with Gasteiger partial charge in [-0.15, -0.1) is 5.10 Å². The number of hydrogen-bond donors (Lipinski definition) is 2. The van der Waals surface area contributed by atoms with Crippen molar-refractivity contribution in [2.75, 3.05) is 23.5 Å². The summed E-state index contributed by atoms with van der Waals surface area (Å²) in [6.45, 7) is 1.56. The minimum Gasteiger partial charge on any atom is -0.495 e. The monoisotopic (exact) mass is 589 g/mol. The first-order chi connectivity index (χ1) is 20.1. The molecule has 0 aliphatic carbocycles. The lowest BCUT2D eigenvalue weighted by Gasteiger charge is -2.14. The van der Waals surface area contributed by atoms with Crippen molar-refractivity contribution in [3.63, 3.8) is 0 Å². The standard InChI is InChI=1S/C30H25F2N5O4S/c1-17(23-9-6-21(31)14-24(23)32)29(38)33-22-7-3-18(4-8-22)20-5-10-28-35-30(36-37(28)16-20)34-25-13-19-11-12-42(39,40)27(19)15-26(25)41-2/h3-10,13-17H,11-12H2,1-2H3,(H,33,38)(H,34,36). The topological polar surface area (TPSA) is 115 Å². The Hall–Kier alpha value is -4.84. The number of nitrogens with zero attached hydrogens (tertiary/aromatic N) is 3. The summed E-state index contributed by atoms with van der Waals surface area (Å²) in [6, 6.07) is 17.3. The van der Waals surface area contributed by atoms with Gasteiger partial charge >= 0.3 is 0 Å². The third-order valence-corrected chi connectivity index (χ3v) is 9.04. The van der Waals surface area contributed by atoms with Gasteiger partial charge in [-0.1, -0.05) is 18.2 Å². The van der Waals surface area contributed by atoms with Gasteiger partial charge in [-0.2, -0.15) is 4.98 Å². The van der Waals surface area contributed by atoms with Crippen LogP contribution in [0.3, 0.4) is 0 Å². The molecule has 0 saturated carbocycles. The molecule has 2 aromatic heterocycles. The number of methoxy groups -OCH3 is 1. The molecule has 1 amide bonds. The molecule has 12 heteroatoms. The maximum Gasteiger partial charge on any atom is 0.247 e. The Morgan fingerprint density at radius 3 is 2.52 bits per heavy atom. The van der Waals surface area contributed by atoms with Gasteiger partial charge in [0.1, 0.15) is 17.4 Å². The second-order valence-corrected chi connectivity index (χ2v) is 12.0. The summed E-state index contributed by atoms with van der Waals surface area (Å²) in [4.78, 5) is 17.5. The third kappa shape index (κ3) is 5.16. The number of carbonyl (C=O) groups is 1. The number of anilines is 3. The van der Waals surface area contributed by atoms with E-state index >= 15 is 0 Å². The van der Waals surface area contributed by atoms with Crippen LogP contribution < -0.4 is 15.4 Å². The summed E-state index contributed by atoms with van der Waals surface area (Å²) in [7, 11) is -1.82. The van der Waals surface area contributed by atoms with Crippen LogP contribution in [-0.2, 0) is 21.1 Å². The quantitative estimate of drug-likeness (QED) is 0.258. The van der Waals surface area contributed by atoms with Gasteiger partial charge < -0.3 is 15.4 Å². The van der Waals surface area contributed by atoms with Crippen molar-refractivity contribution in [3.8, 4) is 16.9 Å². The number of carbonyl (C=O) groups excluding carboxylic acids is 1. The number of rotatable bonds is 7. The van der Waals surface area contributed by atoms with Crippen LogP contribution in [0.15, 0.2) is 77.8 Å². The summed E-state index contributed by atoms with van der Waals surface area (Å²) in [5.41, 5.74) is 4.23. The second-order valence-electron chi connectivity index (χ2n) is 9.96. The first kappa shape index (κ1) is 27.3. The number of amides is 1. The van der Waals surface area contributed by atoms with E-state index in [1.54, 1.807) is 29.6 Å². The third-order valence-electron chi connectivity index (χ3n) is 7.24. The van der Waals surface area contributed by atoms with Crippen molar-refractivity contribution < 1.29 is 26.7 Å². The average Bonchev–Trinajstić information content (AvgIpc) is 3.50. The number of sulfone groups is 1. The lowest BCUT2D eigenvalue weighted by Crippen LogP contribution is -2.19. The number of benzene rings is 3. The lowest BCUT2D eigenvalue weighted by molar-refractivity contribution is -0.117. The largest absolute Gasteiger partial charge is 0.495 e. The van der Waals surface area contributed by atoms with Gasteiger partial charge in [-0.3, -0.25) is 4.79 Å². The maximum atomic E-state index is 14.1. The Morgan fingerprint density at radius 1 is 1.02 bits per heavy atom. The number of hydrogen-bond acceptors (Lipinski definition) is 7. The van der Waals surface area contributed by atoms with Crippen LogP contribution in [0, 0.1) is 11.6 Å². The second kappa shape index (κ2) is 10.5. The molecule has 3 heterocycles. The van der Waals surface area contributed by atoms with E-state index < -0.39 is 33.3 Å². The van der Waals surface area contributed by atoms with Crippen LogP contribution in [0.4, 0.5) is 26.1 Å². The number of ether oxygens (including phenoxy) is 1. The maximum absolute atomic E-state index is 14.1. The van der Waals surface area contributed by atoms with Crippen LogP contribution in [-0.4, -0.2) is 41.8 Å². The summed E-state index contributed by atoms with van der Waals surface area (Å²) < 4.78 is 58.9. The zero-order valence-electron chi connectivity index (χ0n) is 22.6. The highest BCUT2D eigenvalue weighted by Gasteiger charge is 2.28. The highest BCUT2D eigenvalue weighted by molar-refractivity contribution is 7.91. The Kier molecular flexibility index (Phi) is 6.85. The molecule has 0 fully saturated rings. The van der Waals surface area contributed by atoms with E-state index in [4.69, 9.17) is 4.74 Å². The number of nitrogens with one attached hydrogen (secondary N) is 2. The van der Waals surface area contributed by atoms with E-state index in [-0.39, 0.29) is 11.3 Å². The predicted molar refractivity (Wildman–Crippen MR) is 154 cm³/mol. The van der Waals surface area contributed by atoms with Crippen LogP contribution in [0.5, 0.6) is 5.75 Å². The fourth-order valence-electron chi connectivity index (χ4n) is 4.93. The highest BCUT2D eigenvalue weighted by atomic mass is 32.2. The van der Waals surface area contributed by atoms with Crippen molar-refractivity contribution in [2.45, 2.75) is 24.2 Å². The molecule has 6 rings (SSSR count). The molecular weight excluding hydrogens is 564 g/mol. The smallest absolute Gasteiger partial charge is 0.247 e. The van der Waals surface area contributed by atoms with Gasteiger partial charge in [0, 0.05) is 35.1 Å². The molecule has 1 aliphatic rings. The Balaban J connectivity index is 1.18. The van der Waals surface area contributed by atoms with Gasteiger partial charge in [0.2, 0.25) is 11.9 Å². The molecule has 42 heavy (non-hydrogen) atoms. The van der Waals surface area contributed by atoms with E-state index in [9.17, 15) is 22.0 Å². The Bertz CT molecular complexity index is 1960. The molecule has 0 spiro atoms. The fourth-order valence-corrected chi connectivity index (χ4v) is 6.49. The molecular formula is C30H25F2N5O4S. The summed E-state index contributed by atoms with van der Waals surface area (Å²) in [6.07, 6.45) is 2.25. The Labute approximate surface area is 240 Å². The van der Waals surface area contributed by atoms with E-state index in [2.05, 4.69) is 20.7 Å². The predicted octanol–water partition coefficient (Wildman–Crippen LogP) is 5.50. The zero-order chi connectivity index (χ0) is 29.6. The molecule has 9 nitrogen and oxygen atoms in total. The number of halogens is 2. The highest BCUT2D eigenvalue weighted by Crippen LogP contribution is 2.36. The van der Waals surface area contributed by atoms with E-state index in [1.165, 1.54) is 19.2 Å². The van der Waals surface area contributed by atoms with Crippen LogP contribution in [0.25, 0.3) is 16.8 Å². The van der Waals surface area contributed by atoms with E-state index in [0.717, 1.165) is 28.8 Å². The molecule has 5 aromatic rings. The van der Waals surface area contributed by atoms with Crippen molar-refractivity contribution in [3.05, 3.63) is 95.7 Å². The van der Waals surface area contributed by atoms with E-state index in [0.29, 0.717) is 40.0 Å². The molecule has 0 saturated heterocycles. The minimum absolute atomic E-state index is 0.0762. The number of pyridine rings is 1. The van der Waals surface area contributed by atoms with Crippen LogP contribution in [0.1, 0.15) is 24.0 Å².